The van der Waals surface area contributed by atoms with Crippen LogP contribution >= 0.6 is 0 Å². The quantitative estimate of drug-likeness (QED) is 0.512. The van der Waals surface area contributed by atoms with Crippen LogP contribution in [-0.2, 0) is 14.3 Å². The zero-order valence-electron chi connectivity index (χ0n) is 12.5. The predicted molar refractivity (Wildman–Crippen MR) is 72.8 cm³/mol. The summed E-state index contributed by atoms with van der Waals surface area (Å²) < 4.78 is 50.1. The first-order valence-electron chi connectivity index (χ1n) is 7.40. The number of piperidine rings is 1. The summed E-state index contributed by atoms with van der Waals surface area (Å²) in [6, 6.07) is 2.57. The molecule has 2 atom stereocenters. The standard InChI is InChI=1S/C15H16F3N2O3.Fm/c16-15(17,18)10-3-5-20(9-21)12(8-10)11-2-1-4-19-13(11)14-22-6-7-23-14;/h1-2,4,10,12,14H,3,5-8H2;/q-1;. The molecule has 5 nitrogen and oxygen atoms in total. The maximum absolute atomic E-state index is 13.1. The van der Waals surface area contributed by atoms with Crippen LogP contribution in [0.4, 0.5) is 13.2 Å². The maximum Gasteiger partial charge on any atom is 0.391 e. The molecule has 2 aliphatic rings. The molecule has 2 aliphatic heterocycles. The summed E-state index contributed by atoms with van der Waals surface area (Å²) in [7, 11) is 0. The number of halogens is 3. The van der Waals surface area contributed by atoms with E-state index in [2.05, 4.69) is 4.98 Å². The van der Waals surface area contributed by atoms with Crippen LogP contribution in [0.3, 0.4) is 0 Å². The molecule has 138 valence electrons. The molecular weight excluding hydrogens is 570 g/mol. The van der Waals surface area contributed by atoms with Crippen molar-refractivity contribution in [2.24, 2.45) is 5.92 Å². The Morgan fingerprint density at radius 1 is 1.29 bits per heavy atom. The molecule has 0 bridgehead atoms. The Hall–Kier alpha value is -2.67. The third kappa shape index (κ3) is 3.30. The van der Waals surface area contributed by atoms with Gasteiger partial charge in [0.2, 0.25) is 6.29 Å². The Bertz CT molecular complexity index is 567. The SMILES string of the molecule is O=[C-]N1CCC(C(F)(F)F)CC1c1cccnc1C1OCCO1.[Fm]. The molecule has 1 aromatic heterocycles. The van der Waals surface area contributed by atoms with E-state index in [1.807, 2.05) is 0 Å². The summed E-state index contributed by atoms with van der Waals surface area (Å²) in [5, 5.41) is 0. The van der Waals surface area contributed by atoms with Gasteiger partial charge in [-0.1, -0.05) is 6.07 Å². The number of carbonyl (C=O) groups excluding carboxylic acids is 1. The number of hydrogen-bond donors (Lipinski definition) is 0. The average Bonchev–Trinajstić information content (AvgIpc) is 3.07. The minimum atomic E-state index is -4.28. The Labute approximate surface area is 131 Å². The van der Waals surface area contributed by atoms with Gasteiger partial charge >= 0.3 is 6.18 Å². The molecule has 2 saturated heterocycles. The monoisotopic (exact) mass is 586 g/mol. The van der Waals surface area contributed by atoms with Gasteiger partial charge in [0, 0.05) is 12.2 Å². The Morgan fingerprint density at radius 2 is 2.00 bits per heavy atom. The van der Waals surface area contributed by atoms with E-state index >= 15 is 0 Å². The largest absolute Gasteiger partial charge is 0.520 e. The van der Waals surface area contributed by atoms with Gasteiger partial charge in [-0.15, -0.1) is 0 Å². The first-order chi connectivity index (χ1) is 11.0. The normalized spacial score (nSPS) is 25.4. The number of hydrogen-bond acceptors (Lipinski definition) is 4. The van der Waals surface area contributed by atoms with Crippen molar-refractivity contribution in [1.82, 2.24) is 9.88 Å². The molecule has 3 heterocycles. The van der Waals surface area contributed by atoms with Crippen LogP contribution in [-0.4, -0.2) is 42.2 Å². The van der Waals surface area contributed by atoms with Crippen molar-refractivity contribution in [2.75, 3.05) is 19.8 Å². The zero-order valence-corrected chi connectivity index (χ0v) is 14.9. The second-order valence-corrected chi connectivity index (χ2v) is 5.61. The number of ether oxygens (including phenoxy) is 2. The minimum absolute atomic E-state index is 0. The molecule has 2 fully saturated rings. The summed E-state index contributed by atoms with van der Waals surface area (Å²) in [6.07, 6.45) is -2.02. The van der Waals surface area contributed by atoms with Gasteiger partial charge in [0.1, 0.15) is 5.69 Å². The summed E-state index contributed by atoms with van der Waals surface area (Å²) >= 11 is 0. The van der Waals surface area contributed by atoms with Crippen LogP contribution in [0.1, 0.15) is 36.4 Å². The average molecular weight is 586 g/mol. The molecule has 9 heteroatoms. The van der Waals surface area contributed by atoms with E-state index in [-0.39, 0.29) is 19.4 Å². The van der Waals surface area contributed by atoms with Crippen molar-refractivity contribution in [2.45, 2.75) is 31.3 Å². The van der Waals surface area contributed by atoms with Crippen molar-refractivity contribution >= 4 is 6.41 Å². The zero-order chi connectivity index (χ0) is 16.4. The number of rotatable bonds is 3. The Morgan fingerprint density at radius 3 is 2.62 bits per heavy atom. The van der Waals surface area contributed by atoms with Crippen LogP contribution in [0.25, 0.3) is 0 Å². The Kier molecular flexibility index (Phi) is 5.04. The van der Waals surface area contributed by atoms with E-state index < -0.39 is 24.4 Å². The topological polar surface area (TPSA) is 51.7 Å². The summed E-state index contributed by atoms with van der Waals surface area (Å²) in [5.41, 5.74) is 0.953. The molecule has 1 amide bonds. The fraction of sp³-hybridized carbons (Fsp3) is 0.600. The molecule has 0 radical (unpaired) electrons. The van der Waals surface area contributed by atoms with Gasteiger partial charge in [-0.2, -0.15) is 19.6 Å². The van der Waals surface area contributed by atoms with E-state index in [4.69, 9.17) is 9.47 Å². The predicted octanol–water partition coefficient (Wildman–Crippen LogP) is 2.51. The van der Waals surface area contributed by atoms with E-state index in [1.54, 1.807) is 18.5 Å². The molecule has 1 aromatic rings. The first-order valence-corrected chi connectivity index (χ1v) is 7.40. The van der Waals surface area contributed by atoms with E-state index in [9.17, 15) is 18.0 Å². The molecule has 0 spiro atoms. The van der Waals surface area contributed by atoms with E-state index in [1.165, 1.54) is 11.1 Å². The second kappa shape index (κ2) is 6.84. The molecule has 3 rings (SSSR count). The molecule has 24 heavy (non-hydrogen) atoms. The molecule has 0 saturated carbocycles. The molecule has 0 aromatic carbocycles. The number of nitrogens with zero attached hydrogens (tertiary/aromatic N) is 2. The van der Waals surface area contributed by atoms with Crippen LogP contribution in [0.5, 0.6) is 0 Å². The van der Waals surface area contributed by atoms with Crippen molar-refractivity contribution in [3.63, 3.8) is 0 Å². The number of aromatic nitrogens is 1. The fourth-order valence-electron chi connectivity index (χ4n) is 3.09. The van der Waals surface area contributed by atoms with Crippen LogP contribution in [0.2, 0.25) is 0 Å². The maximum atomic E-state index is 13.1. The molecular formula is C15H16F3FmN2O3-. The van der Waals surface area contributed by atoms with Crippen LogP contribution in [0.15, 0.2) is 18.3 Å². The van der Waals surface area contributed by atoms with Gasteiger partial charge in [-0.3, -0.25) is 4.98 Å². The van der Waals surface area contributed by atoms with E-state index in [0.717, 1.165) is 0 Å². The third-order valence-electron chi connectivity index (χ3n) is 4.26. The molecule has 2 unspecified atom stereocenters. The van der Waals surface area contributed by atoms with Crippen molar-refractivity contribution in [3.8, 4) is 0 Å². The van der Waals surface area contributed by atoms with Crippen molar-refractivity contribution < 1.29 is 27.4 Å². The van der Waals surface area contributed by atoms with Crippen molar-refractivity contribution in [3.05, 3.63) is 29.6 Å². The van der Waals surface area contributed by atoms with Gasteiger partial charge in [0.15, 0.2) is 0 Å². The van der Waals surface area contributed by atoms with Gasteiger partial charge < -0.3 is 19.2 Å². The smallest absolute Gasteiger partial charge is 0.391 e. The van der Waals surface area contributed by atoms with Crippen molar-refractivity contribution in [1.29, 1.82) is 0 Å². The number of pyridine rings is 1. The van der Waals surface area contributed by atoms with E-state index in [0.29, 0.717) is 24.5 Å². The number of amides is 1. The number of likely N-dealkylation sites (tertiary alicyclic amines) is 1. The summed E-state index contributed by atoms with van der Waals surface area (Å²) in [5.74, 6) is -1.45. The Balaban J connectivity index is 0.00000208. The molecule has 0 aliphatic carbocycles. The number of alkyl halides is 3. The summed E-state index contributed by atoms with van der Waals surface area (Å²) in [6.45, 7) is 0.819. The van der Waals surface area contributed by atoms with Gasteiger partial charge in [-0.25, -0.2) is 0 Å². The van der Waals surface area contributed by atoms with Crippen LogP contribution < -0.4 is 0 Å². The molecule has 0 N–H and O–H groups in total. The van der Waals surface area contributed by atoms with Crippen LogP contribution in [0, 0.1) is 5.92 Å². The second-order valence-electron chi connectivity index (χ2n) is 5.61. The van der Waals surface area contributed by atoms with Gasteiger partial charge in [0.05, 0.1) is 19.1 Å². The minimum Gasteiger partial charge on any atom is -0.520 e. The summed E-state index contributed by atoms with van der Waals surface area (Å²) in [4.78, 5) is 16.6. The fourth-order valence-corrected chi connectivity index (χ4v) is 3.09. The first kappa shape index (κ1) is 17.7. The van der Waals surface area contributed by atoms with Gasteiger partial charge in [-0.05, 0) is 31.0 Å². The van der Waals surface area contributed by atoms with Gasteiger partial charge in [0.25, 0.3) is 0 Å². The third-order valence-corrected chi connectivity index (χ3v) is 4.26.